The van der Waals surface area contributed by atoms with Crippen molar-refractivity contribution in [2.45, 2.75) is 26.1 Å². The van der Waals surface area contributed by atoms with Gasteiger partial charge in [0.25, 0.3) is 0 Å². The predicted molar refractivity (Wildman–Crippen MR) is 118 cm³/mol. The fourth-order valence-corrected chi connectivity index (χ4v) is 3.49. The van der Waals surface area contributed by atoms with Crippen LogP contribution < -0.4 is 15.5 Å². The van der Waals surface area contributed by atoms with Gasteiger partial charge in [0.15, 0.2) is 11.0 Å². The molecule has 0 aliphatic heterocycles. The van der Waals surface area contributed by atoms with Crippen LogP contribution in [0.25, 0.3) is 22.3 Å². The molecule has 0 radical (unpaired) electrons. The summed E-state index contributed by atoms with van der Waals surface area (Å²) in [5, 5.41) is 12.4. The summed E-state index contributed by atoms with van der Waals surface area (Å²) >= 11 is 6.13. The second-order valence-electron chi connectivity index (χ2n) is 7.66. The number of ether oxygens (including phenoxy) is 1. The van der Waals surface area contributed by atoms with Gasteiger partial charge in [-0.3, -0.25) is 9.59 Å². The number of rotatable bonds is 8. The van der Waals surface area contributed by atoms with Crippen molar-refractivity contribution >= 4 is 28.5 Å². The van der Waals surface area contributed by atoms with E-state index in [1.807, 2.05) is 0 Å². The first kappa shape index (κ1) is 24.6. The van der Waals surface area contributed by atoms with Gasteiger partial charge in [-0.1, -0.05) is 31.5 Å². The Balaban J connectivity index is 1.96. The van der Waals surface area contributed by atoms with E-state index in [1.165, 1.54) is 12.1 Å². The Bertz CT molecular complexity index is 1220. The van der Waals surface area contributed by atoms with E-state index in [1.54, 1.807) is 19.9 Å². The number of fused-ring (bicyclic) bond motifs is 1. The van der Waals surface area contributed by atoms with Crippen molar-refractivity contribution in [2.24, 2.45) is 5.92 Å². The van der Waals surface area contributed by atoms with Crippen LogP contribution in [-0.4, -0.2) is 30.3 Å². The number of carboxylic acids is 1. The molecule has 0 aliphatic rings. The Morgan fingerprint density at radius 3 is 2.58 bits per heavy atom. The molecule has 6 nitrogen and oxygen atoms in total. The molecule has 1 atom stereocenters. The van der Waals surface area contributed by atoms with Crippen molar-refractivity contribution in [2.75, 3.05) is 13.2 Å². The highest BCUT2D eigenvalue weighted by atomic mass is 35.5. The molecule has 3 aromatic rings. The van der Waals surface area contributed by atoms with Gasteiger partial charge in [0.05, 0.1) is 21.5 Å². The molecule has 33 heavy (non-hydrogen) atoms. The van der Waals surface area contributed by atoms with Crippen LogP contribution in [0.1, 0.15) is 19.4 Å². The third-order valence-corrected chi connectivity index (χ3v) is 5.24. The summed E-state index contributed by atoms with van der Waals surface area (Å²) in [6, 6.07) is 7.78. The molecule has 0 amide bonds. The molecular formula is C23H21ClF3NO5. The molecule has 0 bridgehead atoms. The first-order chi connectivity index (χ1) is 15.5. The minimum atomic E-state index is -4.62. The second kappa shape index (κ2) is 9.84. The number of hydrogen-bond acceptors (Lipinski definition) is 5. The summed E-state index contributed by atoms with van der Waals surface area (Å²) in [7, 11) is 0. The predicted octanol–water partition coefficient (Wildman–Crippen LogP) is 5.21. The number of para-hydroxylation sites is 1. The zero-order valence-electron chi connectivity index (χ0n) is 17.7. The largest absolute Gasteiger partial charge is 0.491 e. The van der Waals surface area contributed by atoms with Crippen LogP contribution in [0.15, 0.2) is 51.7 Å². The van der Waals surface area contributed by atoms with Crippen molar-refractivity contribution < 1.29 is 32.2 Å². The van der Waals surface area contributed by atoms with Crippen molar-refractivity contribution in [3.05, 3.63) is 63.3 Å². The second-order valence-corrected chi connectivity index (χ2v) is 8.07. The minimum Gasteiger partial charge on any atom is -0.491 e. The smallest absolute Gasteiger partial charge is 0.416 e. The molecule has 1 aromatic heterocycles. The van der Waals surface area contributed by atoms with Gasteiger partial charge >= 0.3 is 12.1 Å². The van der Waals surface area contributed by atoms with Crippen LogP contribution in [0.2, 0.25) is 5.02 Å². The van der Waals surface area contributed by atoms with E-state index in [2.05, 4.69) is 5.32 Å². The van der Waals surface area contributed by atoms with Gasteiger partial charge in [0.1, 0.15) is 24.2 Å². The zero-order valence-corrected chi connectivity index (χ0v) is 18.5. The number of hydrogen-bond donors (Lipinski definition) is 2. The summed E-state index contributed by atoms with van der Waals surface area (Å²) in [6.45, 7) is 3.40. The van der Waals surface area contributed by atoms with Crippen LogP contribution in [0.3, 0.4) is 0 Å². The Morgan fingerprint density at radius 2 is 1.94 bits per heavy atom. The lowest BCUT2D eigenvalue weighted by Crippen LogP contribution is -2.42. The molecule has 0 saturated carbocycles. The van der Waals surface area contributed by atoms with E-state index in [-0.39, 0.29) is 52.1 Å². The summed E-state index contributed by atoms with van der Waals surface area (Å²) in [5.41, 5.74) is -1.13. The first-order valence-corrected chi connectivity index (χ1v) is 10.4. The first-order valence-electron chi connectivity index (χ1n) is 10.0. The Hall–Kier alpha value is -3.04. The fraction of sp³-hybridized carbons (Fsp3) is 0.304. The highest BCUT2D eigenvalue weighted by molar-refractivity contribution is 6.34. The molecule has 176 valence electrons. The van der Waals surface area contributed by atoms with E-state index >= 15 is 0 Å². The molecule has 3 rings (SSSR count). The third kappa shape index (κ3) is 5.66. The number of nitrogens with one attached hydrogen (secondary N) is 1. The third-order valence-electron chi connectivity index (χ3n) is 4.94. The maximum absolute atomic E-state index is 13.3. The van der Waals surface area contributed by atoms with Crippen LogP contribution >= 0.6 is 11.6 Å². The topological polar surface area (TPSA) is 88.8 Å². The Morgan fingerprint density at radius 1 is 1.21 bits per heavy atom. The molecule has 0 saturated heterocycles. The van der Waals surface area contributed by atoms with Crippen LogP contribution in [-0.2, 0) is 11.0 Å². The minimum absolute atomic E-state index is 0.0112. The van der Waals surface area contributed by atoms with Gasteiger partial charge in [0, 0.05) is 12.6 Å². The van der Waals surface area contributed by atoms with Gasteiger partial charge < -0.3 is 19.6 Å². The number of alkyl halides is 3. The van der Waals surface area contributed by atoms with Crippen LogP contribution in [0.4, 0.5) is 13.2 Å². The molecule has 1 heterocycles. The SMILES string of the molecule is CC(C)C(NCCOc1cc(C(F)(F)F)ccc1-c1cc(=O)c2cccc(Cl)c2o1)C(=O)O. The molecule has 0 aliphatic carbocycles. The van der Waals surface area contributed by atoms with Gasteiger partial charge in [-0.25, -0.2) is 0 Å². The van der Waals surface area contributed by atoms with Gasteiger partial charge in [0.2, 0.25) is 0 Å². The maximum atomic E-state index is 13.3. The molecule has 2 aromatic carbocycles. The Kier molecular flexibility index (Phi) is 7.34. The molecule has 1 unspecified atom stereocenters. The number of halogens is 4. The fourth-order valence-electron chi connectivity index (χ4n) is 3.28. The Labute approximate surface area is 191 Å². The average molecular weight is 484 g/mol. The molecule has 0 spiro atoms. The van der Waals surface area contributed by atoms with Gasteiger partial charge in [-0.05, 0) is 36.2 Å². The van der Waals surface area contributed by atoms with Crippen molar-refractivity contribution in [1.29, 1.82) is 0 Å². The van der Waals surface area contributed by atoms with E-state index in [9.17, 15) is 27.9 Å². The molecule has 2 N–H and O–H groups in total. The zero-order chi connectivity index (χ0) is 24.3. The van der Waals surface area contributed by atoms with E-state index in [0.717, 1.165) is 24.3 Å². The van der Waals surface area contributed by atoms with Crippen molar-refractivity contribution in [3.8, 4) is 17.1 Å². The van der Waals surface area contributed by atoms with Crippen molar-refractivity contribution in [3.63, 3.8) is 0 Å². The van der Waals surface area contributed by atoms with Gasteiger partial charge in [-0.2, -0.15) is 13.2 Å². The molecule has 10 heteroatoms. The van der Waals surface area contributed by atoms with E-state index in [4.69, 9.17) is 20.8 Å². The summed E-state index contributed by atoms with van der Waals surface area (Å²) < 4.78 is 51.1. The lowest BCUT2D eigenvalue weighted by atomic mass is 10.1. The van der Waals surface area contributed by atoms with E-state index in [0.29, 0.717) is 0 Å². The summed E-state index contributed by atoms with van der Waals surface area (Å²) in [5.74, 6) is -1.43. The summed E-state index contributed by atoms with van der Waals surface area (Å²) in [4.78, 5) is 23.8. The number of carboxylic acid groups (broad SMARTS) is 1. The van der Waals surface area contributed by atoms with Crippen LogP contribution in [0.5, 0.6) is 5.75 Å². The summed E-state index contributed by atoms with van der Waals surface area (Å²) in [6.07, 6.45) is -4.62. The van der Waals surface area contributed by atoms with E-state index < -0.39 is 29.2 Å². The lowest BCUT2D eigenvalue weighted by molar-refractivity contribution is -0.141. The number of aliphatic carboxylic acids is 1. The molecular weight excluding hydrogens is 463 g/mol. The normalized spacial score (nSPS) is 12.8. The monoisotopic (exact) mass is 483 g/mol. The maximum Gasteiger partial charge on any atom is 0.416 e. The lowest BCUT2D eigenvalue weighted by Gasteiger charge is -2.19. The quantitative estimate of drug-likeness (QED) is 0.428. The highest BCUT2D eigenvalue weighted by Crippen LogP contribution is 2.38. The molecule has 0 fully saturated rings. The number of benzene rings is 2. The van der Waals surface area contributed by atoms with Gasteiger partial charge in [-0.15, -0.1) is 0 Å². The van der Waals surface area contributed by atoms with Crippen molar-refractivity contribution in [1.82, 2.24) is 5.32 Å². The standard InChI is InChI=1S/C23H21ClF3NO5/c1-12(2)20(22(30)31)28-8-9-32-18-10-13(23(25,26)27)6-7-15(18)19-11-17(29)14-4-3-5-16(24)21(14)33-19/h3-7,10-12,20,28H,8-9H2,1-2H3,(H,30,31). The van der Waals surface area contributed by atoms with Crippen LogP contribution in [0, 0.1) is 5.92 Å². The highest BCUT2D eigenvalue weighted by Gasteiger charge is 2.32. The average Bonchev–Trinajstić information content (AvgIpc) is 2.73. The number of carbonyl (C=O) groups is 1.